The summed E-state index contributed by atoms with van der Waals surface area (Å²) in [6.07, 6.45) is 0. The molecule has 0 aromatic carbocycles. The third kappa shape index (κ3) is 13.8. The molecule has 0 aromatic rings. The molecule has 0 aliphatic carbocycles. The van der Waals surface area contributed by atoms with E-state index in [1.807, 2.05) is 14.0 Å². The summed E-state index contributed by atoms with van der Waals surface area (Å²) < 4.78 is 21.0. The van der Waals surface area contributed by atoms with Gasteiger partial charge in [-0.3, -0.25) is 0 Å². The summed E-state index contributed by atoms with van der Waals surface area (Å²) in [4.78, 5) is 0. The van der Waals surface area contributed by atoms with Crippen molar-refractivity contribution in [3.05, 3.63) is 0 Å². The Balaban J connectivity index is 2.83. The molecule has 98 valence electrons. The Hall–Kier alpha value is -0.200. The van der Waals surface area contributed by atoms with Crippen molar-refractivity contribution in [2.45, 2.75) is 6.92 Å². The maximum Gasteiger partial charge on any atom is 0.0701 e. The molecule has 0 fully saturated rings. The van der Waals surface area contributed by atoms with Gasteiger partial charge in [-0.1, -0.05) is 0 Å². The van der Waals surface area contributed by atoms with E-state index in [-0.39, 0.29) is 0 Å². The molecule has 0 unspecified atom stereocenters. The Morgan fingerprint density at radius 2 is 1.12 bits per heavy atom. The predicted molar refractivity (Wildman–Crippen MR) is 62.9 cm³/mol. The lowest BCUT2D eigenvalue weighted by molar-refractivity contribution is 0.00000181. The van der Waals surface area contributed by atoms with Crippen molar-refractivity contribution >= 4 is 0 Å². The first kappa shape index (κ1) is 15.8. The van der Waals surface area contributed by atoms with Crippen molar-refractivity contribution < 1.29 is 18.9 Å². The van der Waals surface area contributed by atoms with Crippen LogP contribution in [0.3, 0.4) is 0 Å². The van der Waals surface area contributed by atoms with Gasteiger partial charge in [-0.05, 0) is 14.0 Å². The van der Waals surface area contributed by atoms with Crippen molar-refractivity contribution in [3.8, 4) is 0 Å². The molecule has 0 saturated carbocycles. The van der Waals surface area contributed by atoms with Crippen LogP contribution in [0.5, 0.6) is 0 Å². The molecule has 0 radical (unpaired) electrons. The van der Waals surface area contributed by atoms with Crippen molar-refractivity contribution in [2.75, 3.05) is 66.4 Å². The number of ether oxygens (including phenoxy) is 4. The van der Waals surface area contributed by atoms with E-state index in [9.17, 15) is 0 Å². The lowest BCUT2D eigenvalue weighted by Gasteiger charge is -2.06. The normalized spacial score (nSPS) is 10.9. The molecular weight excluding hydrogens is 210 g/mol. The van der Waals surface area contributed by atoms with E-state index in [4.69, 9.17) is 18.9 Å². The van der Waals surface area contributed by atoms with Gasteiger partial charge in [0.15, 0.2) is 0 Å². The Kier molecular flexibility index (Phi) is 14.6. The zero-order valence-corrected chi connectivity index (χ0v) is 10.5. The van der Waals surface area contributed by atoms with Crippen LogP contribution >= 0.6 is 0 Å². The molecule has 5 heteroatoms. The van der Waals surface area contributed by atoms with E-state index in [2.05, 4.69) is 5.32 Å². The van der Waals surface area contributed by atoms with E-state index in [0.717, 1.165) is 19.8 Å². The lowest BCUT2D eigenvalue weighted by atomic mass is 10.6. The van der Waals surface area contributed by atoms with Crippen molar-refractivity contribution in [3.63, 3.8) is 0 Å². The molecule has 0 aliphatic heterocycles. The largest absolute Gasteiger partial charge is 0.379 e. The fourth-order valence-electron chi connectivity index (χ4n) is 0.978. The van der Waals surface area contributed by atoms with Gasteiger partial charge in [0.1, 0.15) is 0 Å². The van der Waals surface area contributed by atoms with Crippen LogP contribution in [0.2, 0.25) is 0 Å². The average Bonchev–Trinajstić information content (AvgIpc) is 2.31. The summed E-state index contributed by atoms with van der Waals surface area (Å²) in [7, 11) is 1.90. The van der Waals surface area contributed by atoms with Crippen LogP contribution in [-0.4, -0.2) is 66.4 Å². The van der Waals surface area contributed by atoms with Crippen LogP contribution in [0, 0.1) is 0 Å². The first-order valence-corrected chi connectivity index (χ1v) is 5.87. The summed E-state index contributed by atoms with van der Waals surface area (Å²) in [6, 6.07) is 0. The molecule has 0 saturated heterocycles. The summed E-state index contributed by atoms with van der Waals surface area (Å²) in [5.41, 5.74) is 0. The van der Waals surface area contributed by atoms with Gasteiger partial charge in [0.2, 0.25) is 0 Å². The predicted octanol–water partition coefficient (Wildman–Crippen LogP) is 0.292. The standard InChI is InChI=1S/C11H25NO4/c1-3-13-6-7-15-10-11-16-9-8-14-5-4-12-2/h12H,3-11H2,1-2H3. The van der Waals surface area contributed by atoms with Crippen LogP contribution in [-0.2, 0) is 18.9 Å². The summed E-state index contributed by atoms with van der Waals surface area (Å²) in [5, 5.41) is 3.01. The number of nitrogens with one attached hydrogen (secondary N) is 1. The molecule has 0 atom stereocenters. The third-order valence-electron chi connectivity index (χ3n) is 1.82. The Morgan fingerprint density at radius 3 is 1.56 bits per heavy atom. The van der Waals surface area contributed by atoms with E-state index in [1.165, 1.54) is 0 Å². The number of rotatable bonds is 13. The molecule has 0 heterocycles. The molecule has 0 spiro atoms. The third-order valence-corrected chi connectivity index (χ3v) is 1.82. The van der Waals surface area contributed by atoms with E-state index in [1.54, 1.807) is 0 Å². The van der Waals surface area contributed by atoms with Gasteiger partial charge >= 0.3 is 0 Å². The summed E-state index contributed by atoms with van der Waals surface area (Å²) in [5.74, 6) is 0. The van der Waals surface area contributed by atoms with Crippen LogP contribution in [0.25, 0.3) is 0 Å². The van der Waals surface area contributed by atoms with Gasteiger partial charge in [-0.15, -0.1) is 0 Å². The highest BCUT2D eigenvalue weighted by Crippen LogP contribution is 1.82. The average molecular weight is 235 g/mol. The fourth-order valence-corrected chi connectivity index (χ4v) is 0.978. The molecule has 0 amide bonds. The van der Waals surface area contributed by atoms with Gasteiger partial charge in [-0.25, -0.2) is 0 Å². The molecule has 16 heavy (non-hydrogen) atoms. The molecule has 0 bridgehead atoms. The molecule has 1 N–H and O–H groups in total. The van der Waals surface area contributed by atoms with Crippen molar-refractivity contribution in [2.24, 2.45) is 0 Å². The van der Waals surface area contributed by atoms with Gasteiger partial charge in [0.25, 0.3) is 0 Å². The molecule has 0 aliphatic rings. The molecule has 5 nitrogen and oxygen atoms in total. The highest BCUT2D eigenvalue weighted by atomic mass is 16.6. The maximum atomic E-state index is 5.31. The smallest absolute Gasteiger partial charge is 0.0701 e. The monoisotopic (exact) mass is 235 g/mol. The van der Waals surface area contributed by atoms with Crippen molar-refractivity contribution in [1.29, 1.82) is 0 Å². The van der Waals surface area contributed by atoms with Gasteiger partial charge in [-0.2, -0.15) is 0 Å². The van der Waals surface area contributed by atoms with E-state index in [0.29, 0.717) is 39.6 Å². The maximum absolute atomic E-state index is 5.31. The lowest BCUT2D eigenvalue weighted by Crippen LogP contribution is -2.17. The fraction of sp³-hybridized carbons (Fsp3) is 1.00. The zero-order valence-electron chi connectivity index (χ0n) is 10.5. The molecule has 0 rings (SSSR count). The van der Waals surface area contributed by atoms with Crippen LogP contribution in [0.4, 0.5) is 0 Å². The van der Waals surface area contributed by atoms with Gasteiger partial charge in [0.05, 0.1) is 46.2 Å². The summed E-state index contributed by atoms with van der Waals surface area (Å²) in [6.45, 7) is 8.09. The van der Waals surface area contributed by atoms with Gasteiger partial charge < -0.3 is 24.3 Å². The summed E-state index contributed by atoms with van der Waals surface area (Å²) >= 11 is 0. The minimum absolute atomic E-state index is 0.613. The molecule has 0 aromatic heterocycles. The second-order valence-electron chi connectivity index (χ2n) is 3.14. The Labute approximate surface area is 98.4 Å². The van der Waals surface area contributed by atoms with Crippen LogP contribution in [0.15, 0.2) is 0 Å². The Morgan fingerprint density at radius 1 is 0.688 bits per heavy atom. The van der Waals surface area contributed by atoms with Crippen molar-refractivity contribution in [1.82, 2.24) is 5.32 Å². The zero-order chi connectivity index (χ0) is 11.9. The second kappa shape index (κ2) is 14.8. The van der Waals surface area contributed by atoms with Crippen LogP contribution in [0.1, 0.15) is 6.92 Å². The van der Waals surface area contributed by atoms with E-state index < -0.39 is 0 Å². The first-order chi connectivity index (χ1) is 7.91. The highest BCUT2D eigenvalue weighted by molar-refractivity contribution is 4.37. The molecular formula is C11H25NO4. The SMILES string of the molecule is CCOCCOCCOCCOCCNC. The minimum Gasteiger partial charge on any atom is -0.379 e. The van der Waals surface area contributed by atoms with Crippen LogP contribution < -0.4 is 5.32 Å². The Bertz CT molecular complexity index is 111. The number of hydrogen-bond donors (Lipinski definition) is 1. The quantitative estimate of drug-likeness (QED) is 0.465. The van der Waals surface area contributed by atoms with Gasteiger partial charge in [0, 0.05) is 13.2 Å². The first-order valence-electron chi connectivity index (χ1n) is 5.87. The highest BCUT2D eigenvalue weighted by Gasteiger charge is 1.91. The number of hydrogen-bond acceptors (Lipinski definition) is 5. The van der Waals surface area contributed by atoms with E-state index >= 15 is 0 Å². The number of likely N-dealkylation sites (N-methyl/N-ethyl adjacent to an activating group) is 1. The topological polar surface area (TPSA) is 49.0 Å². The minimum atomic E-state index is 0.613. The second-order valence-corrected chi connectivity index (χ2v) is 3.14.